The fourth-order valence-electron chi connectivity index (χ4n) is 1.95. The monoisotopic (exact) mass is 308 g/mol. The van der Waals surface area contributed by atoms with Crippen LogP contribution in [0.4, 0.5) is 5.69 Å². The molecule has 0 aliphatic rings. The Labute approximate surface area is 136 Å². The van der Waals surface area contributed by atoms with Gasteiger partial charge in [-0.3, -0.25) is 9.59 Å². The average Bonchev–Trinajstić information content (AvgIpc) is 2.56. The lowest BCUT2D eigenvalue weighted by molar-refractivity contribution is -0.123. The van der Waals surface area contributed by atoms with Crippen LogP contribution in [0.1, 0.15) is 18.1 Å². The van der Waals surface area contributed by atoms with Crippen molar-refractivity contribution >= 4 is 23.6 Å². The summed E-state index contributed by atoms with van der Waals surface area (Å²) in [6.07, 6.45) is 3.13. The molecule has 4 nitrogen and oxygen atoms in total. The van der Waals surface area contributed by atoms with Gasteiger partial charge in [-0.2, -0.15) is 0 Å². The minimum absolute atomic E-state index is 0.254. The van der Waals surface area contributed by atoms with Crippen molar-refractivity contribution < 1.29 is 9.59 Å². The fourth-order valence-corrected chi connectivity index (χ4v) is 1.95. The minimum Gasteiger partial charge on any atom is -0.341 e. The summed E-state index contributed by atoms with van der Waals surface area (Å²) >= 11 is 0. The van der Waals surface area contributed by atoms with E-state index in [9.17, 15) is 9.59 Å². The highest BCUT2D eigenvalue weighted by Gasteiger charge is 2.14. The molecule has 0 aliphatic heterocycles. The first kappa shape index (κ1) is 16.5. The van der Waals surface area contributed by atoms with Gasteiger partial charge >= 0.3 is 0 Å². The first-order valence-corrected chi connectivity index (χ1v) is 7.46. The second-order valence-electron chi connectivity index (χ2n) is 5.33. The maximum atomic E-state index is 12.1. The topological polar surface area (TPSA) is 58.2 Å². The van der Waals surface area contributed by atoms with Gasteiger partial charge in [-0.05, 0) is 37.6 Å². The zero-order valence-corrected chi connectivity index (χ0v) is 13.2. The molecule has 0 aliphatic carbocycles. The molecule has 0 fully saturated rings. The number of aryl methyl sites for hydroxylation is 1. The van der Waals surface area contributed by atoms with Crippen LogP contribution in [0.3, 0.4) is 0 Å². The molecular formula is C19H20N2O2. The van der Waals surface area contributed by atoms with Crippen molar-refractivity contribution in [2.45, 2.75) is 19.9 Å². The van der Waals surface area contributed by atoms with Gasteiger partial charge in [0.1, 0.15) is 6.04 Å². The van der Waals surface area contributed by atoms with Crippen LogP contribution in [0.5, 0.6) is 0 Å². The van der Waals surface area contributed by atoms with Gasteiger partial charge in [-0.25, -0.2) is 0 Å². The lowest BCUT2D eigenvalue weighted by atomic mass is 10.2. The normalized spacial score (nSPS) is 11.9. The number of benzene rings is 2. The van der Waals surface area contributed by atoms with Gasteiger partial charge in [0.2, 0.25) is 11.8 Å². The van der Waals surface area contributed by atoms with E-state index in [-0.39, 0.29) is 11.8 Å². The van der Waals surface area contributed by atoms with Gasteiger partial charge in [-0.15, -0.1) is 0 Å². The number of amides is 2. The van der Waals surface area contributed by atoms with Gasteiger partial charge in [0.05, 0.1) is 0 Å². The third-order valence-corrected chi connectivity index (χ3v) is 3.30. The van der Waals surface area contributed by atoms with Crippen LogP contribution in [0, 0.1) is 6.92 Å². The zero-order valence-electron chi connectivity index (χ0n) is 13.2. The largest absolute Gasteiger partial charge is 0.341 e. The molecule has 0 radical (unpaired) electrons. The smallest absolute Gasteiger partial charge is 0.246 e. The number of hydrogen-bond acceptors (Lipinski definition) is 2. The van der Waals surface area contributed by atoms with E-state index in [1.54, 1.807) is 13.0 Å². The first-order chi connectivity index (χ1) is 11.0. The van der Waals surface area contributed by atoms with E-state index >= 15 is 0 Å². The quantitative estimate of drug-likeness (QED) is 0.834. The van der Waals surface area contributed by atoms with E-state index in [1.165, 1.54) is 6.08 Å². The van der Waals surface area contributed by atoms with Crippen LogP contribution >= 0.6 is 0 Å². The summed E-state index contributed by atoms with van der Waals surface area (Å²) in [6.45, 7) is 3.63. The van der Waals surface area contributed by atoms with E-state index in [0.29, 0.717) is 5.69 Å². The SMILES string of the molecule is Cc1ccc(NC(=O)C(C)NC(=O)/C=C/c2ccccc2)cc1. The van der Waals surface area contributed by atoms with E-state index < -0.39 is 6.04 Å². The standard InChI is InChI=1S/C19H20N2O2/c1-14-8-11-17(12-9-14)21-19(23)15(2)20-18(22)13-10-16-6-4-3-5-7-16/h3-13,15H,1-2H3,(H,20,22)(H,21,23)/b13-10+. The van der Waals surface area contributed by atoms with Crippen LogP contribution < -0.4 is 10.6 Å². The van der Waals surface area contributed by atoms with Crippen molar-refractivity contribution in [3.8, 4) is 0 Å². The highest BCUT2D eigenvalue weighted by molar-refractivity contribution is 5.99. The summed E-state index contributed by atoms with van der Waals surface area (Å²) in [5.41, 5.74) is 2.76. The minimum atomic E-state index is -0.621. The van der Waals surface area contributed by atoms with Crippen molar-refractivity contribution in [1.29, 1.82) is 0 Å². The number of carbonyl (C=O) groups excluding carboxylic acids is 2. The number of anilines is 1. The number of rotatable bonds is 5. The number of carbonyl (C=O) groups is 2. The van der Waals surface area contributed by atoms with Gasteiger partial charge in [0, 0.05) is 11.8 Å². The molecule has 118 valence electrons. The second-order valence-corrected chi connectivity index (χ2v) is 5.33. The van der Waals surface area contributed by atoms with Crippen LogP contribution in [0.25, 0.3) is 6.08 Å². The second kappa shape index (κ2) is 7.94. The number of hydrogen-bond donors (Lipinski definition) is 2. The van der Waals surface area contributed by atoms with Crippen molar-refractivity contribution in [2.24, 2.45) is 0 Å². The highest BCUT2D eigenvalue weighted by atomic mass is 16.2. The lowest BCUT2D eigenvalue weighted by Crippen LogP contribution is -2.40. The Morgan fingerprint density at radius 3 is 2.30 bits per heavy atom. The van der Waals surface area contributed by atoms with Crippen molar-refractivity contribution in [2.75, 3.05) is 5.32 Å². The predicted octanol–water partition coefficient (Wildman–Crippen LogP) is 3.15. The van der Waals surface area contributed by atoms with Gasteiger partial charge < -0.3 is 10.6 Å². The van der Waals surface area contributed by atoms with E-state index in [2.05, 4.69) is 10.6 Å². The molecule has 2 aromatic carbocycles. The molecule has 0 spiro atoms. The van der Waals surface area contributed by atoms with E-state index in [0.717, 1.165) is 11.1 Å². The third kappa shape index (κ3) is 5.43. The average molecular weight is 308 g/mol. The molecule has 0 saturated carbocycles. The molecule has 0 heterocycles. The van der Waals surface area contributed by atoms with E-state index in [1.807, 2.05) is 61.5 Å². The van der Waals surface area contributed by atoms with Gasteiger partial charge in [0.25, 0.3) is 0 Å². The van der Waals surface area contributed by atoms with Crippen molar-refractivity contribution in [3.63, 3.8) is 0 Å². The van der Waals surface area contributed by atoms with Gasteiger partial charge in [-0.1, -0.05) is 48.0 Å². The molecule has 2 amide bonds. The Bertz CT molecular complexity index is 691. The van der Waals surface area contributed by atoms with Crippen LogP contribution in [-0.2, 0) is 9.59 Å². The Kier molecular flexibility index (Phi) is 5.69. The molecule has 2 rings (SSSR count). The summed E-state index contributed by atoms with van der Waals surface area (Å²) in [4.78, 5) is 23.9. The molecule has 2 aromatic rings. The zero-order chi connectivity index (χ0) is 16.7. The maximum Gasteiger partial charge on any atom is 0.246 e. The highest BCUT2D eigenvalue weighted by Crippen LogP contribution is 2.09. The lowest BCUT2D eigenvalue weighted by Gasteiger charge is -2.13. The molecule has 1 unspecified atom stereocenters. The molecule has 1 atom stereocenters. The van der Waals surface area contributed by atoms with E-state index in [4.69, 9.17) is 0 Å². The predicted molar refractivity (Wildman–Crippen MR) is 92.9 cm³/mol. The summed E-state index contributed by atoms with van der Waals surface area (Å²) in [6, 6.07) is 16.4. The summed E-state index contributed by atoms with van der Waals surface area (Å²) < 4.78 is 0. The molecule has 0 saturated heterocycles. The summed E-state index contributed by atoms with van der Waals surface area (Å²) in [5.74, 6) is -0.560. The third-order valence-electron chi connectivity index (χ3n) is 3.30. The Balaban J connectivity index is 1.86. The van der Waals surface area contributed by atoms with Crippen LogP contribution in [-0.4, -0.2) is 17.9 Å². The fraction of sp³-hybridized carbons (Fsp3) is 0.158. The Hall–Kier alpha value is -2.88. The molecule has 0 aromatic heterocycles. The molecule has 4 heteroatoms. The Morgan fingerprint density at radius 1 is 1.00 bits per heavy atom. The van der Waals surface area contributed by atoms with Crippen molar-refractivity contribution in [1.82, 2.24) is 5.32 Å². The van der Waals surface area contributed by atoms with Crippen LogP contribution in [0.2, 0.25) is 0 Å². The molecular weight excluding hydrogens is 288 g/mol. The maximum absolute atomic E-state index is 12.1. The summed E-state index contributed by atoms with van der Waals surface area (Å²) in [7, 11) is 0. The van der Waals surface area contributed by atoms with Gasteiger partial charge in [0.15, 0.2) is 0 Å². The van der Waals surface area contributed by atoms with Crippen LogP contribution in [0.15, 0.2) is 60.7 Å². The molecule has 0 bridgehead atoms. The molecule has 2 N–H and O–H groups in total. The summed E-state index contributed by atoms with van der Waals surface area (Å²) in [5, 5.41) is 5.41. The molecule has 23 heavy (non-hydrogen) atoms. The number of nitrogens with one attached hydrogen (secondary N) is 2. The first-order valence-electron chi connectivity index (χ1n) is 7.46. The van der Waals surface area contributed by atoms with Crippen molar-refractivity contribution in [3.05, 3.63) is 71.8 Å². The Morgan fingerprint density at radius 2 is 1.65 bits per heavy atom.